The second kappa shape index (κ2) is 8.90. The van der Waals surface area contributed by atoms with E-state index in [1.165, 1.54) is 0 Å². The number of halogens is 2. The molecule has 0 aliphatic carbocycles. The van der Waals surface area contributed by atoms with Crippen LogP contribution in [-0.4, -0.2) is 34.0 Å². The van der Waals surface area contributed by atoms with Gasteiger partial charge in [0.05, 0.1) is 16.5 Å². The number of rotatable bonds is 7. The summed E-state index contributed by atoms with van der Waals surface area (Å²) in [5.74, 6) is 0.0104. The lowest BCUT2D eigenvalue weighted by Gasteiger charge is -2.22. The SMILES string of the molecule is CC[C@@H](Nc1cc(CN2CCC(C)(C(=O)O)C2)c(Cl)cn1)c1ccc(Cl)c(C)c1. The van der Waals surface area contributed by atoms with E-state index in [1.54, 1.807) is 13.1 Å². The van der Waals surface area contributed by atoms with Crippen molar-refractivity contribution in [1.29, 1.82) is 0 Å². The molecule has 0 amide bonds. The highest BCUT2D eigenvalue weighted by Gasteiger charge is 2.40. The Labute approximate surface area is 182 Å². The van der Waals surface area contributed by atoms with Crippen molar-refractivity contribution in [2.75, 3.05) is 18.4 Å². The molecule has 3 rings (SSSR count). The summed E-state index contributed by atoms with van der Waals surface area (Å²) in [5, 5.41) is 14.3. The third-order valence-electron chi connectivity index (χ3n) is 5.71. The van der Waals surface area contributed by atoms with E-state index in [4.69, 9.17) is 23.2 Å². The summed E-state index contributed by atoms with van der Waals surface area (Å²) in [6.45, 7) is 7.79. The average molecular weight is 436 g/mol. The van der Waals surface area contributed by atoms with E-state index >= 15 is 0 Å². The van der Waals surface area contributed by atoms with Crippen LogP contribution in [0.5, 0.6) is 0 Å². The molecule has 0 spiro atoms. The summed E-state index contributed by atoms with van der Waals surface area (Å²) in [6, 6.07) is 8.12. The van der Waals surface area contributed by atoms with Gasteiger partial charge in [-0.05, 0) is 62.1 Å². The van der Waals surface area contributed by atoms with Crippen LogP contribution in [0.3, 0.4) is 0 Å². The molecule has 0 bridgehead atoms. The average Bonchev–Trinajstić information content (AvgIpc) is 3.07. The molecule has 1 unspecified atom stereocenters. The Kier molecular flexibility index (Phi) is 6.72. The Morgan fingerprint density at radius 3 is 2.72 bits per heavy atom. The van der Waals surface area contributed by atoms with Crippen molar-refractivity contribution in [2.45, 2.75) is 46.2 Å². The fourth-order valence-corrected chi connectivity index (χ4v) is 4.05. The zero-order valence-corrected chi connectivity index (χ0v) is 18.5. The lowest BCUT2D eigenvalue weighted by molar-refractivity contribution is -0.147. The number of carboxylic acid groups (broad SMARTS) is 1. The van der Waals surface area contributed by atoms with Crippen molar-refractivity contribution < 1.29 is 9.90 Å². The second-order valence-corrected chi connectivity index (χ2v) is 8.92. The Hall–Kier alpha value is -1.82. The molecule has 29 heavy (non-hydrogen) atoms. The molecule has 0 saturated carbocycles. The maximum atomic E-state index is 11.5. The predicted octanol–water partition coefficient (Wildman–Crippen LogP) is 5.56. The number of carboxylic acids is 1. The van der Waals surface area contributed by atoms with Crippen molar-refractivity contribution >= 4 is 35.0 Å². The normalized spacial score (nSPS) is 20.6. The van der Waals surface area contributed by atoms with Gasteiger partial charge in [0.25, 0.3) is 0 Å². The smallest absolute Gasteiger partial charge is 0.310 e. The van der Waals surface area contributed by atoms with Crippen molar-refractivity contribution in [3.63, 3.8) is 0 Å². The number of aryl methyl sites for hydroxylation is 1. The second-order valence-electron chi connectivity index (χ2n) is 8.10. The van der Waals surface area contributed by atoms with E-state index in [9.17, 15) is 9.90 Å². The highest BCUT2D eigenvalue weighted by atomic mass is 35.5. The standard InChI is InChI=1S/C22H27Cl2N3O2/c1-4-19(15-5-6-17(23)14(2)9-15)26-20-10-16(18(24)11-25-20)12-27-8-7-22(3,13-27)21(28)29/h5-6,9-11,19H,4,7-8,12-13H2,1-3H3,(H,25,26)(H,28,29)/t19-,22?/m1/s1. The quantitative estimate of drug-likeness (QED) is 0.595. The summed E-state index contributed by atoms with van der Waals surface area (Å²) < 4.78 is 0. The number of aliphatic carboxylic acids is 1. The van der Waals surface area contributed by atoms with Crippen LogP contribution in [0.4, 0.5) is 5.82 Å². The first-order valence-electron chi connectivity index (χ1n) is 9.84. The highest BCUT2D eigenvalue weighted by Crippen LogP contribution is 2.33. The zero-order valence-electron chi connectivity index (χ0n) is 17.0. The summed E-state index contributed by atoms with van der Waals surface area (Å²) in [6.07, 6.45) is 3.19. The van der Waals surface area contributed by atoms with Gasteiger partial charge in [-0.25, -0.2) is 4.98 Å². The molecule has 2 aromatic rings. The van der Waals surface area contributed by atoms with Crippen LogP contribution in [0.2, 0.25) is 10.0 Å². The molecule has 1 aliphatic rings. The van der Waals surface area contributed by atoms with Gasteiger partial charge < -0.3 is 10.4 Å². The van der Waals surface area contributed by atoms with Crippen molar-refractivity contribution in [1.82, 2.24) is 9.88 Å². The maximum Gasteiger partial charge on any atom is 0.310 e. The minimum Gasteiger partial charge on any atom is -0.481 e. The first-order valence-corrected chi connectivity index (χ1v) is 10.6. The highest BCUT2D eigenvalue weighted by molar-refractivity contribution is 6.31. The number of nitrogens with one attached hydrogen (secondary N) is 1. The number of anilines is 1. The van der Waals surface area contributed by atoms with Crippen LogP contribution in [0, 0.1) is 12.3 Å². The molecule has 7 heteroatoms. The van der Waals surface area contributed by atoms with Crippen LogP contribution < -0.4 is 5.32 Å². The minimum atomic E-state index is -0.743. The molecule has 2 atom stereocenters. The lowest BCUT2D eigenvalue weighted by Crippen LogP contribution is -2.31. The molecule has 1 aromatic heterocycles. The molecule has 2 heterocycles. The molecular formula is C22H27Cl2N3O2. The van der Waals surface area contributed by atoms with Crippen LogP contribution in [-0.2, 0) is 11.3 Å². The van der Waals surface area contributed by atoms with Gasteiger partial charge >= 0.3 is 5.97 Å². The van der Waals surface area contributed by atoms with Crippen LogP contribution in [0.25, 0.3) is 0 Å². The number of carbonyl (C=O) groups is 1. The summed E-state index contributed by atoms with van der Waals surface area (Å²) in [7, 11) is 0. The van der Waals surface area contributed by atoms with Crippen molar-refractivity contribution in [2.24, 2.45) is 5.41 Å². The van der Waals surface area contributed by atoms with Gasteiger partial charge in [0.2, 0.25) is 0 Å². The van der Waals surface area contributed by atoms with Gasteiger partial charge in [-0.1, -0.05) is 42.3 Å². The van der Waals surface area contributed by atoms with Gasteiger partial charge in [-0.2, -0.15) is 0 Å². The molecule has 5 nitrogen and oxygen atoms in total. The third-order valence-corrected chi connectivity index (χ3v) is 6.48. The molecule has 1 saturated heterocycles. The third kappa shape index (κ3) is 5.03. The van der Waals surface area contributed by atoms with Crippen LogP contribution in [0.15, 0.2) is 30.5 Å². The van der Waals surface area contributed by atoms with E-state index in [-0.39, 0.29) is 6.04 Å². The predicted molar refractivity (Wildman–Crippen MR) is 118 cm³/mol. The molecule has 1 fully saturated rings. The largest absolute Gasteiger partial charge is 0.481 e. The Bertz CT molecular complexity index is 906. The molecular weight excluding hydrogens is 409 g/mol. The van der Waals surface area contributed by atoms with Crippen molar-refractivity contribution in [3.8, 4) is 0 Å². The Morgan fingerprint density at radius 2 is 2.10 bits per heavy atom. The van der Waals surface area contributed by atoms with Gasteiger partial charge in [0.15, 0.2) is 0 Å². The van der Waals surface area contributed by atoms with Gasteiger partial charge in [0.1, 0.15) is 5.82 Å². The molecule has 1 aliphatic heterocycles. The molecule has 0 radical (unpaired) electrons. The minimum absolute atomic E-state index is 0.106. The first-order chi connectivity index (χ1) is 13.7. The number of hydrogen-bond donors (Lipinski definition) is 2. The maximum absolute atomic E-state index is 11.5. The van der Waals surface area contributed by atoms with E-state index in [0.717, 1.165) is 40.5 Å². The Morgan fingerprint density at radius 1 is 1.34 bits per heavy atom. The summed E-state index contributed by atoms with van der Waals surface area (Å²) in [5.41, 5.74) is 2.45. The summed E-state index contributed by atoms with van der Waals surface area (Å²) >= 11 is 12.5. The van der Waals surface area contributed by atoms with E-state index in [0.29, 0.717) is 24.5 Å². The number of pyridine rings is 1. The number of aromatic nitrogens is 1. The van der Waals surface area contributed by atoms with Crippen LogP contribution >= 0.6 is 23.2 Å². The molecule has 156 valence electrons. The van der Waals surface area contributed by atoms with Gasteiger partial charge in [0, 0.05) is 24.3 Å². The van der Waals surface area contributed by atoms with Crippen LogP contribution in [0.1, 0.15) is 49.4 Å². The number of benzene rings is 1. The first kappa shape index (κ1) is 21.9. The topological polar surface area (TPSA) is 65.5 Å². The van der Waals surface area contributed by atoms with E-state index in [2.05, 4.69) is 28.2 Å². The number of hydrogen-bond acceptors (Lipinski definition) is 4. The lowest BCUT2D eigenvalue weighted by atomic mass is 9.90. The van der Waals surface area contributed by atoms with Gasteiger partial charge in [-0.3, -0.25) is 9.69 Å². The van der Waals surface area contributed by atoms with E-state index in [1.807, 2.05) is 25.1 Å². The monoisotopic (exact) mass is 435 g/mol. The van der Waals surface area contributed by atoms with E-state index < -0.39 is 11.4 Å². The Balaban J connectivity index is 1.74. The molecule has 2 N–H and O–H groups in total. The van der Waals surface area contributed by atoms with Crippen molar-refractivity contribution in [3.05, 3.63) is 57.2 Å². The fraction of sp³-hybridized carbons (Fsp3) is 0.455. The number of nitrogens with zero attached hydrogens (tertiary/aromatic N) is 2. The number of likely N-dealkylation sites (tertiary alicyclic amines) is 1. The van der Waals surface area contributed by atoms with Gasteiger partial charge in [-0.15, -0.1) is 0 Å². The zero-order chi connectivity index (χ0) is 21.2. The fourth-order valence-electron chi connectivity index (χ4n) is 3.77. The summed E-state index contributed by atoms with van der Waals surface area (Å²) in [4.78, 5) is 18.1. The molecule has 1 aromatic carbocycles.